The van der Waals surface area contributed by atoms with E-state index in [9.17, 15) is 9.18 Å². The molecule has 2 heterocycles. The van der Waals surface area contributed by atoms with Crippen LogP contribution in [0.15, 0.2) is 54.7 Å². The van der Waals surface area contributed by atoms with Crippen LogP contribution in [0.3, 0.4) is 0 Å². The van der Waals surface area contributed by atoms with Gasteiger partial charge in [-0.1, -0.05) is 35.6 Å². The van der Waals surface area contributed by atoms with Crippen LogP contribution in [0, 0.1) is 5.82 Å². The number of benzene rings is 2. The molecule has 0 radical (unpaired) electrons. The van der Waals surface area contributed by atoms with Gasteiger partial charge in [-0.2, -0.15) is 0 Å². The molecule has 0 spiro atoms. The van der Waals surface area contributed by atoms with E-state index >= 15 is 0 Å². The molecule has 4 rings (SSSR count). The van der Waals surface area contributed by atoms with E-state index in [4.69, 9.17) is 0 Å². The van der Waals surface area contributed by atoms with E-state index in [0.29, 0.717) is 12.1 Å². The van der Waals surface area contributed by atoms with Gasteiger partial charge in [-0.3, -0.25) is 4.79 Å². The van der Waals surface area contributed by atoms with Crippen LogP contribution in [-0.2, 0) is 6.54 Å². The molecular weight excluding hydrogens is 377 g/mol. The molecule has 0 unspecified atom stereocenters. The Labute approximate surface area is 165 Å². The molecule has 2 aromatic heterocycles. The molecule has 8 heteroatoms. The minimum absolute atomic E-state index is 0.0479. The van der Waals surface area contributed by atoms with Gasteiger partial charge < -0.3 is 10.2 Å². The number of anilines is 1. The highest BCUT2D eigenvalue weighted by molar-refractivity contribution is 7.20. The number of rotatable bonds is 5. The highest BCUT2D eigenvalue weighted by Crippen LogP contribution is 2.25. The van der Waals surface area contributed by atoms with Crippen molar-refractivity contribution in [1.82, 2.24) is 19.5 Å². The van der Waals surface area contributed by atoms with E-state index in [1.165, 1.54) is 23.5 Å². The third-order valence-corrected chi connectivity index (χ3v) is 5.09. The van der Waals surface area contributed by atoms with Gasteiger partial charge in [0.05, 0.1) is 11.9 Å². The van der Waals surface area contributed by atoms with Crippen LogP contribution in [-0.4, -0.2) is 39.5 Å². The quantitative estimate of drug-likeness (QED) is 0.557. The fraction of sp³-hybridized carbons (Fsp3) is 0.150. The number of carbonyl (C=O) groups is 1. The number of hydrogen-bond acceptors (Lipinski definition) is 5. The van der Waals surface area contributed by atoms with Crippen molar-refractivity contribution in [3.05, 3.63) is 71.7 Å². The van der Waals surface area contributed by atoms with Crippen LogP contribution in [0.2, 0.25) is 0 Å². The number of nitrogens with zero attached hydrogens (tertiary/aromatic N) is 4. The fourth-order valence-corrected chi connectivity index (χ4v) is 3.54. The predicted molar refractivity (Wildman–Crippen MR) is 108 cm³/mol. The third kappa shape index (κ3) is 3.72. The Morgan fingerprint density at radius 1 is 1.21 bits per heavy atom. The summed E-state index contributed by atoms with van der Waals surface area (Å²) in [6.45, 7) is 0.554. The van der Waals surface area contributed by atoms with Gasteiger partial charge >= 0.3 is 0 Å². The van der Waals surface area contributed by atoms with Crippen molar-refractivity contribution in [1.29, 1.82) is 0 Å². The van der Waals surface area contributed by atoms with E-state index in [2.05, 4.69) is 15.4 Å². The maximum absolute atomic E-state index is 13.0. The minimum Gasteiger partial charge on any atom is -0.356 e. The standard InChI is InChI=1S/C20H18FN5OS/c1-25(2)18(27)15-5-3-4-14(10-15)17-12-26-20(23-17)28-19(24-26)22-11-13-6-8-16(21)9-7-13/h3-10,12H,11H2,1-2H3,(H,22,24). The number of nitrogens with one attached hydrogen (secondary N) is 1. The Hall–Kier alpha value is -3.26. The molecule has 1 N–H and O–H groups in total. The fourth-order valence-electron chi connectivity index (χ4n) is 2.76. The van der Waals surface area contributed by atoms with E-state index < -0.39 is 0 Å². The molecule has 2 aromatic carbocycles. The van der Waals surface area contributed by atoms with Crippen molar-refractivity contribution in [3.63, 3.8) is 0 Å². The van der Waals surface area contributed by atoms with Gasteiger partial charge in [-0.05, 0) is 29.8 Å². The Balaban J connectivity index is 1.52. The molecule has 0 saturated heterocycles. The first-order valence-corrected chi connectivity index (χ1v) is 9.48. The maximum Gasteiger partial charge on any atom is 0.253 e. The van der Waals surface area contributed by atoms with E-state index in [0.717, 1.165) is 26.9 Å². The molecule has 1 amide bonds. The normalized spacial score (nSPS) is 11.0. The van der Waals surface area contributed by atoms with Crippen LogP contribution in [0.4, 0.5) is 9.52 Å². The molecule has 6 nitrogen and oxygen atoms in total. The van der Waals surface area contributed by atoms with Crippen molar-refractivity contribution < 1.29 is 9.18 Å². The van der Waals surface area contributed by atoms with Crippen LogP contribution in [0.1, 0.15) is 15.9 Å². The number of imidazole rings is 1. The number of fused-ring (bicyclic) bond motifs is 1. The van der Waals surface area contributed by atoms with Crippen LogP contribution < -0.4 is 5.32 Å². The zero-order valence-corrected chi connectivity index (χ0v) is 16.2. The number of carbonyl (C=O) groups excluding carboxylic acids is 1. The lowest BCUT2D eigenvalue weighted by Gasteiger charge is -2.10. The average molecular weight is 395 g/mol. The number of hydrogen-bond donors (Lipinski definition) is 1. The van der Waals surface area contributed by atoms with Crippen molar-refractivity contribution in [2.24, 2.45) is 0 Å². The molecule has 0 fully saturated rings. The molecule has 0 aliphatic heterocycles. The second-order valence-electron chi connectivity index (χ2n) is 6.52. The minimum atomic E-state index is -0.250. The lowest BCUT2D eigenvalue weighted by atomic mass is 10.1. The SMILES string of the molecule is CN(C)C(=O)c1cccc(-c2cn3nc(NCc4ccc(F)cc4)sc3n2)c1. The van der Waals surface area contributed by atoms with E-state index in [-0.39, 0.29) is 11.7 Å². The predicted octanol–water partition coefficient (Wildman–Crippen LogP) is 3.91. The van der Waals surface area contributed by atoms with Gasteiger partial charge in [0, 0.05) is 31.8 Å². The zero-order chi connectivity index (χ0) is 19.7. The number of aromatic nitrogens is 3. The molecule has 4 aromatic rings. The molecule has 0 saturated carbocycles. The van der Waals surface area contributed by atoms with Crippen molar-refractivity contribution >= 4 is 27.3 Å². The highest BCUT2D eigenvalue weighted by atomic mass is 32.1. The molecule has 0 aliphatic carbocycles. The van der Waals surface area contributed by atoms with Gasteiger partial charge in [-0.25, -0.2) is 13.9 Å². The third-order valence-electron chi connectivity index (χ3n) is 4.21. The zero-order valence-electron chi connectivity index (χ0n) is 15.4. The van der Waals surface area contributed by atoms with Gasteiger partial charge in [0.1, 0.15) is 5.82 Å². The summed E-state index contributed by atoms with van der Waals surface area (Å²) in [5.74, 6) is -0.298. The summed E-state index contributed by atoms with van der Waals surface area (Å²) in [4.78, 5) is 19.1. The summed E-state index contributed by atoms with van der Waals surface area (Å²) in [5.41, 5.74) is 3.22. The molecule has 0 aliphatic rings. The van der Waals surface area contributed by atoms with Crippen molar-refractivity contribution in [2.45, 2.75) is 6.54 Å². The summed E-state index contributed by atoms with van der Waals surface area (Å²) in [6.07, 6.45) is 1.84. The maximum atomic E-state index is 13.0. The number of amides is 1. The van der Waals surface area contributed by atoms with Crippen LogP contribution in [0.25, 0.3) is 16.2 Å². The van der Waals surface area contributed by atoms with Gasteiger partial charge in [-0.15, -0.1) is 5.10 Å². The van der Waals surface area contributed by atoms with Crippen LogP contribution in [0.5, 0.6) is 0 Å². The highest BCUT2D eigenvalue weighted by Gasteiger charge is 2.13. The summed E-state index contributed by atoms with van der Waals surface area (Å²) >= 11 is 1.43. The topological polar surface area (TPSA) is 62.5 Å². The second-order valence-corrected chi connectivity index (χ2v) is 7.48. The summed E-state index contributed by atoms with van der Waals surface area (Å²) in [5, 5.41) is 8.45. The Kier molecular flexibility index (Phi) is 4.79. The lowest BCUT2D eigenvalue weighted by molar-refractivity contribution is 0.0827. The second kappa shape index (κ2) is 7.40. The first-order chi connectivity index (χ1) is 13.5. The van der Waals surface area contributed by atoms with Gasteiger partial charge in [0.25, 0.3) is 5.91 Å². The van der Waals surface area contributed by atoms with E-state index in [1.54, 1.807) is 41.7 Å². The lowest BCUT2D eigenvalue weighted by Crippen LogP contribution is -2.21. The largest absolute Gasteiger partial charge is 0.356 e. The monoisotopic (exact) mass is 395 g/mol. The Morgan fingerprint density at radius 2 is 2.00 bits per heavy atom. The molecule has 28 heavy (non-hydrogen) atoms. The number of halogens is 1. The molecular formula is C20H18FN5OS. The average Bonchev–Trinajstić information content (AvgIpc) is 3.26. The van der Waals surface area contributed by atoms with Gasteiger partial charge in [0.2, 0.25) is 10.1 Å². The first-order valence-electron chi connectivity index (χ1n) is 8.66. The molecule has 142 valence electrons. The summed E-state index contributed by atoms with van der Waals surface area (Å²) in [7, 11) is 3.46. The molecule has 0 bridgehead atoms. The summed E-state index contributed by atoms with van der Waals surface area (Å²) in [6, 6.07) is 13.8. The van der Waals surface area contributed by atoms with Gasteiger partial charge in [0.15, 0.2) is 0 Å². The first kappa shape index (κ1) is 18.1. The Morgan fingerprint density at radius 3 is 2.71 bits per heavy atom. The summed E-state index contributed by atoms with van der Waals surface area (Å²) < 4.78 is 14.7. The smallest absolute Gasteiger partial charge is 0.253 e. The van der Waals surface area contributed by atoms with Crippen molar-refractivity contribution in [3.8, 4) is 11.3 Å². The Bertz CT molecular complexity index is 1100. The van der Waals surface area contributed by atoms with Crippen molar-refractivity contribution in [2.75, 3.05) is 19.4 Å². The van der Waals surface area contributed by atoms with Crippen LogP contribution >= 0.6 is 11.3 Å². The van der Waals surface area contributed by atoms with E-state index in [1.807, 2.05) is 24.4 Å². The molecule has 0 atom stereocenters.